The van der Waals surface area contributed by atoms with Crippen LogP contribution in [-0.4, -0.2) is 6.54 Å². The molecule has 0 bridgehead atoms. The van der Waals surface area contributed by atoms with Crippen molar-refractivity contribution in [2.75, 3.05) is 6.54 Å². The Labute approximate surface area is 56.4 Å². The quantitative estimate of drug-likeness (QED) is 0.255. The number of rotatable bonds is 4. The third kappa shape index (κ3) is 7.40. The average molecular weight is 126 g/mol. The molecule has 0 unspecified atom stereocenters. The summed E-state index contributed by atoms with van der Waals surface area (Å²) >= 11 is 0. The maximum absolute atomic E-state index is 5.04. The second-order valence-electron chi connectivity index (χ2n) is 1.70. The lowest BCUT2D eigenvalue weighted by molar-refractivity contribution is 0.740. The second kappa shape index (κ2) is 7.40. The minimum absolute atomic E-state index is 0.841. The highest BCUT2D eigenvalue weighted by molar-refractivity contribution is 5.00. The highest BCUT2D eigenvalue weighted by atomic mass is 15.2. The predicted molar refractivity (Wildman–Crippen MR) is 40.8 cm³/mol. The third-order valence-electron chi connectivity index (χ3n) is 0.895. The van der Waals surface area contributed by atoms with Gasteiger partial charge in [-0.2, -0.15) is 0 Å². The molecule has 52 valence electrons. The Morgan fingerprint density at radius 2 is 2.22 bits per heavy atom. The number of hydrogen-bond donors (Lipinski definition) is 2. The van der Waals surface area contributed by atoms with Crippen molar-refractivity contribution in [1.29, 1.82) is 0 Å². The Hall–Kier alpha value is -0.600. The molecule has 0 aromatic heterocycles. The number of hydrazine groups is 1. The molecule has 3 N–H and O–H groups in total. The van der Waals surface area contributed by atoms with E-state index in [2.05, 4.69) is 11.5 Å². The van der Waals surface area contributed by atoms with Crippen LogP contribution in [-0.2, 0) is 0 Å². The van der Waals surface area contributed by atoms with Crippen LogP contribution in [0.25, 0.3) is 0 Å². The van der Waals surface area contributed by atoms with E-state index >= 15 is 0 Å². The van der Waals surface area contributed by atoms with Gasteiger partial charge in [-0.25, -0.2) is 0 Å². The fourth-order valence-electron chi connectivity index (χ4n) is 0.453. The summed E-state index contributed by atoms with van der Waals surface area (Å²) in [5.41, 5.74) is 2.57. The van der Waals surface area contributed by atoms with Crippen LogP contribution in [0.1, 0.15) is 13.3 Å². The summed E-state index contributed by atoms with van der Waals surface area (Å²) in [4.78, 5) is 0. The molecular weight excluding hydrogens is 112 g/mol. The van der Waals surface area contributed by atoms with Gasteiger partial charge in [0.1, 0.15) is 0 Å². The van der Waals surface area contributed by atoms with Crippen molar-refractivity contribution >= 4 is 0 Å². The average Bonchev–Trinajstić information content (AvgIpc) is 1.89. The van der Waals surface area contributed by atoms with Crippen molar-refractivity contribution in [3.05, 3.63) is 24.3 Å². The molecule has 0 spiro atoms. The van der Waals surface area contributed by atoms with E-state index in [1.54, 1.807) is 0 Å². The monoisotopic (exact) mass is 126 g/mol. The molecule has 0 saturated carbocycles. The van der Waals surface area contributed by atoms with Crippen LogP contribution < -0.4 is 11.3 Å². The first kappa shape index (κ1) is 8.40. The zero-order chi connectivity index (χ0) is 6.95. The van der Waals surface area contributed by atoms with Crippen molar-refractivity contribution in [1.82, 2.24) is 5.43 Å². The summed E-state index contributed by atoms with van der Waals surface area (Å²) in [6, 6.07) is 0. The second-order valence-corrected chi connectivity index (χ2v) is 1.70. The van der Waals surface area contributed by atoms with Gasteiger partial charge in [0.05, 0.1) is 0 Å². The predicted octanol–water partition coefficient (Wildman–Crippen LogP) is 0.972. The summed E-state index contributed by atoms with van der Waals surface area (Å²) in [7, 11) is 0. The minimum Gasteiger partial charge on any atom is -0.271 e. The third-order valence-corrected chi connectivity index (χ3v) is 0.895. The van der Waals surface area contributed by atoms with E-state index in [4.69, 9.17) is 5.84 Å². The van der Waals surface area contributed by atoms with E-state index < -0.39 is 0 Å². The summed E-state index contributed by atoms with van der Waals surface area (Å²) in [6.07, 6.45) is 9.06. The molecule has 0 radical (unpaired) electrons. The molecule has 0 aliphatic carbocycles. The fourth-order valence-corrected chi connectivity index (χ4v) is 0.453. The van der Waals surface area contributed by atoms with Gasteiger partial charge in [0.2, 0.25) is 0 Å². The first-order valence-electron chi connectivity index (χ1n) is 3.13. The maximum Gasteiger partial charge on any atom is 0.0132 e. The molecule has 0 aliphatic rings. The molecule has 0 atom stereocenters. The lowest BCUT2D eigenvalue weighted by Gasteiger charge is -1.88. The van der Waals surface area contributed by atoms with Crippen LogP contribution in [0, 0.1) is 0 Å². The van der Waals surface area contributed by atoms with Crippen molar-refractivity contribution in [2.45, 2.75) is 13.3 Å². The number of nitrogens with two attached hydrogens (primary N) is 1. The Bertz CT molecular complexity index is 95.1. The first-order valence-corrected chi connectivity index (χ1v) is 3.13. The SMILES string of the molecule is C/C=C\C=C/CCNN. The minimum atomic E-state index is 0.841. The zero-order valence-electron chi connectivity index (χ0n) is 5.80. The molecule has 0 aromatic carbocycles. The van der Waals surface area contributed by atoms with Crippen molar-refractivity contribution in [3.63, 3.8) is 0 Å². The number of nitrogens with one attached hydrogen (secondary N) is 1. The van der Waals surface area contributed by atoms with Gasteiger partial charge in [-0.1, -0.05) is 24.3 Å². The van der Waals surface area contributed by atoms with Gasteiger partial charge in [0.15, 0.2) is 0 Å². The molecule has 9 heavy (non-hydrogen) atoms. The molecule has 0 fully saturated rings. The van der Waals surface area contributed by atoms with Gasteiger partial charge in [0.25, 0.3) is 0 Å². The Balaban J connectivity index is 3.04. The van der Waals surface area contributed by atoms with Crippen LogP contribution >= 0.6 is 0 Å². The largest absolute Gasteiger partial charge is 0.271 e. The van der Waals surface area contributed by atoms with E-state index in [0.29, 0.717) is 0 Å². The fraction of sp³-hybridized carbons (Fsp3) is 0.429. The van der Waals surface area contributed by atoms with Gasteiger partial charge in [-0.05, 0) is 13.3 Å². The molecule has 0 aromatic rings. The molecule has 0 heterocycles. The lowest BCUT2D eigenvalue weighted by atomic mass is 10.3. The van der Waals surface area contributed by atoms with E-state index in [1.807, 2.05) is 25.2 Å². The molecular formula is C7H14N2. The van der Waals surface area contributed by atoms with Crippen LogP contribution in [0.4, 0.5) is 0 Å². The van der Waals surface area contributed by atoms with Crippen molar-refractivity contribution in [3.8, 4) is 0 Å². The molecule has 2 heteroatoms. The van der Waals surface area contributed by atoms with E-state index in [-0.39, 0.29) is 0 Å². The van der Waals surface area contributed by atoms with E-state index in [9.17, 15) is 0 Å². The molecule has 2 nitrogen and oxygen atoms in total. The van der Waals surface area contributed by atoms with Gasteiger partial charge in [0, 0.05) is 6.54 Å². The standard InChI is InChI=1S/C7H14N2/c1-2-3-4-5-6-7-9-8/h2-5,9H,6-8H2,1H3/b3-2-,5-4-. The van der Waals surface area contributed by atoms with Crippen LogP contribution in [0.2, 0.25) is 0 Å². The lowest BCUT2D eigenvalue weighted by Crippen LogP contribution is -2.22. The summed E-state index contributed by atoms with van der Waals surface area (Å²) in [6.45, 7) is 2.83. The van der Waals surface area contributed by atoms with Crippen molar-refractivity contribution in [2.24, 2.45) is 5.84 Å². The van der Waals surface area contributed by atoms with Gasteiger partial charge < -0.3 is 0 Å². The number of allylic oxidation sites excluding steroid dienone is 3. The van der Waals surface area contributed by atoms with E-state index in [1.165, 1.54) is 0 Å². The van der Waals surface area contributed by atoms with Gasteiger partial charge >= 0.3 is 0 Å². The summed E-state index contributed by atoms with van der Waals surface area (Å²) < 4.78 is 0. The molecule has 0 saturated heterocycles. The Morgan fingerprint density at radius 1 is 1.44 bits per heavy atom. The number of hydrogen-bond acceptors (Lipinski definition) is 2. The van der Waals surface area contributed by atoms with Crippen LogP contribution in [0.3, 0.4) is 0 Å². The van der Waals surface area contributed by atoms with Crippen LogP contribution in [0.5, 0.6) is 0 Å². The Morgan fingerprint density at radius 3 is 2.78 bits per heavy atom. The van der Waals surface area contributed by atoms with Crippen LogP contribution in [0.15, 0.2) is 24.3 Å². The molecule has 0 rings (SSSR count). The zero-order valence-corrected chi connectivity index (χ0v) is 5.80. The summed E-state index contributed by atoms with van der Waals surface area (Å²) in [5.74, 6) is 5.04. The first-order chi connectivity index (χ1) is 4.41. The van der Waals surface area contributed by atoms with E-state index in [0.717, 1.165) is 13.0 Å². The van der Waals surface area contributed by atoms with Gasteiger partial charge in [-0.15, -0.1) is 0 Å². The highest BCUT2D eigenvalue weighted by Crippen LogP contribution is 1.80. The maximum atomic E-state index is 5.04. The smallest absolute Gasteiger partial charge is 0.0132 e. The topological polar surface area (TPSA) is 38.0 Å². The molecule has 0 amide bonds. The molecule has 0 aliphatic heterocycles. The Kier molecular flexibility index (Phi) is 6.91. The van der Waals surface area contributed by atoms with Gasteiger partial charge in [-0.3, -0.25) is 11.3 Å². The highest BCUT2D eigenvalue weighted by Gasteiger charge is 1.72. The normalized spacial score (nSPS) is 11.8. The summed E-state index contributed by atoms with van der Waals surface area (Å²) in [5, 5.41) is 0. The van der Waals surface area contributed by atoms with Crippen molar-refractivity contribution < 1.29 is 0 Å².